The van der Waals surface area contributed by atoms with Gasteiger partial charge >= 0.3 is 0 Å². The quantitative estimate of drug-likeness (QED) is 0.561. The highest BCUT2D eigenvalue weighted by Crippen LogP contribution is 2.38. The van der Waals surface area contributed by atoms with Gasteiger partial charge in [0.25, 0.3) is 5.91 Å². The minimum absolute atomic E-state index is 0.0249. The Morgan fingerprint density at radius 2 is 2.05 bits per heavy atom. The molecule has 0 radical (unpaired) electrons. The number of nitrogens with one attached hydrogen (secondary N) is 1. The molecule has 0 atom stereocenters. The molecule has 1 heterocycles. The molecule has 6 nitrogen and oxygen atoms in total. The number of nitrogens with two attached hydrogens (primary N) is 2. The van der Waals surface area contributed by atoms with E-state index in [0.29, 0.717) is 5.56 Å². The lowest BCUT2D eigenvalue weighted by Crippen LogP contribution is -2.31. The lowest BCUT2D eigenvalue weighted by Gasteiger charge is -2.29. The van der Waals surface area contributed by atoms with Gasteiger partial charge in [0, 0.05) is 17.5 Å². The molecule has 1 aromatic rings. The zero-order chi connectivity index (χ0) is 15.1. The summed E-state index contributed by atoms with van der Waals surface area (Å²) in [5, 5.41) is 4.34. The smallest absolute Gasteiger partial charge is 0.284 e. The largest absolute Gasteiger partial charge is 0.455 e. The van der Waals surface area contributed by atoms with E-state index >= 15 is 0 Å². The highest BCUT2D eigenvalue weighted by molar-refractivity contribution is 7.80. The fourth-order valence-electron chi connectivity index (χ4n) is 2.57. The number of carbonyl (C=O) groups excluding carboxylic acids is 1. The van der Waals surface area contributed by atoms with Crippen molar-refractivity contribution in [1.82, 2.24) is 5.43 Å². The number of rotatable bonds is 2. The Morgan fingerprint density at radius 3 is 2.60 bits per heavy atom. The van der Waals surface area contributed by atoms with Gasteiger partial charge in [-0.15, -0.1) is 0 Å². The van der Waals surface area contributed by atoms with Crippen LogP contribution in [0.1, 0.15) is 47.7 Å². The monoisotopic (exact) mass is 294 g/mol. The molecule has 2 rings (SSSR count). The Bertz CT molecular complexity index is 616. The number of carbonyl (C=O) groups is 1. The fraction of sp³-hybridized carbons (Fsp3) is 0.462. The van der Waals surface area contributed by atoms with E-state index in [-0.39, 0.29) is 16.3 Å². The van der Waals surface area contributed by atoms with Crippen LogP contribution in [0, 0.1) is 12.3 Å². The van der Waals surface area contributed by atoms with E-state index in [2.05, 4.69) is 24.4 Å². The van der Waals surface area contributed by atoms with E-state index in [1.165, 1.54) is 0 Å². The Hall–Kier alpha value is -1.89. The Kier molecular flexibility index (Phi) is 3.56. The third-order valence-electron chi connectivity index (χ3n) is 3.32. The van der Waals surface area contributed by atoms with Gasteiger partial charge in [-0.05, 0) is 31.0 Å². The molecule has 0 saturated heterocycles. The lowest BCUT2D eigenvalue weighted by atomic mass is 9.75. The third-order valence-corrected chi connectivity index (χ3v) is 3.41. The minimum Gasteiger partial charge on any atom is -0.455 e. The summed E-state index contributed by atoms with van der Waals surface area (Å²) < 4.78 is 5.62. The van der Waals surface area contributed by atoms with Crippen LogP contribution in [0.2, 0.25) is 0 Å². The summed E-state index contributed by atoms with van der Waals surface area (Å²) in [4.78, 5) is 11.4. The first-order chi connectivity index (χ1) is 9.21. The second-order valence-corrected chi connectivity index (χ2v) is 6.21. The summed E-state index contributed by atoms with van der Waals surface area (Å²) in [6.07, 6.45) is 1.46. The maximum Gasteiger partial charge on any atom is 0.284 e. The molecule has 0 unspecified atom stereocenters. The average molecular weight is 294 g/mol. The predicted octanol–water partition coefficient (Wildman–Crippen LogP) is 1.20. The highest BCUT2D eigenvalue weighted by Gasteiger charge is 2.35. The van der Waals surface area contributed by atoms with Gasteiger partial charge in [-0.3, -0.25) is 10.2 Å². The number of furan rings is 1. The van der Waals surface area contributed by atoms with Crippen LogP contribution < -0.4 is 16.9 Å². The van der Waals surface area contributed by atoms with E-state index < -0.39 is 5.91 Å². The van der Waals surface area contributed by atoms with Crippen LogP contribution in [-0.2, 0) is 6.42 Å². The van der Waals surface area contributed by atoms with Crippen LogP contribution in [0.5, 0.6) is 0 Å². The Morgan fingerprint density at radius 1 is 1.40 bits per heavy atom. The number of nitrogens with zero attached hydrogens (tertiary/aromatic N) is 1. The maximum absolute atomic E-state index is 11.4. The molecular formula is C13H18N4O2S. The summed E-state index contributed by atoms with van der Waals surface area (Å²) in [7, 11) is 0. The van der Waals surface area contributed by atoms with E-state index in [1.54, 1.807) is 6.92 Å². The number of thiocarbonyl (C=S) groups is 1. The number of hydrazone groups is 1. The molecule has 0 fully saturated rings. The molecular weight excluding hydrogens is 276 g/mol. The number of amides is 1. The van der Waals surface area contributed by atoms with Crippen molar-refractivity contribution >= 4 is 28.9 Å². The van der Waals surface area contributed by atoms with Crippen LogP contribution in [0.4, 0.5) is 0 Å². The second kappa shape index (κ2) is 4.90. The number of primary amides is 1. The van der Waals surface area contributed by atoms with Crippen LogP contribution in [-0.4, -0.2) is 16.7 Å². The Labute approximate surface area is 122 Å². The normalized spacial score (nSPS) is 18.6. The van der Waals surface area contributed by atoms with Crippen molar-refractivity contribution in [3.8, 4) is 0 Å². The molecule has 20 heavy (non-hydrogen) atoms. The van der Waals surface area contributed by atoms with Gasteiger partial charge < -0.3 is 15.9 Å². The van der Waals surface area contributed by atoms with E-state index in [1.807, 2.05) is 0 Å². The minimum atomic E-state index is -0.573. The molecule has 1 amide bonds. The molecule has 1 aliphatic carbocycles. The van der Waals surface area contributed by atoms with Gasteiger partial charge in [0.2, 0.25) is 0 Å². The number of fused-ring (bicyclic) bond motifs is 1. The number of hydrogen-bond donors (Lipinski definition) is 3. The zero-order valence-corrected chi connectivity index (χ0v) is 12.6. The zero-order valence-electron chi connectivity index (χ0n) is 11.7. The fourth-order valence-corrected chi connectivity index (χ4v) is 2.61. The molecule has 5 N–H and O–H groups in total. The average Bonchev–Trinajstić information content (AvgIpc) is 2.62. The van der Waals surface area contributed by atoms with Gasteiger partial charge in [0.05, 0.1) is 5.71 Å². The van der Waals surface area contributed by atoms with Crippen molar-refractivity contribution in [2.45, 2.75) is 33.6 Å². The van der Waals surface area contributed by atoms with Crippen molar-refractivity contribution < 1.29 is 9.21 Å². The van der Waals surface area contributed by atoms with Crippen molar-refractivity contribution in [3.05, 3.63) is 22.6 Å². The van der Waals surface area contributed by atoms with E-state index in [0.717, 1.165) is 29.9 Å². The molecule has 0 aromatic carbocycles. The molecule has 7 heteroatoms. The molecule has 1 aliphatic rings. The molecule has 0 spiro atoms. The summed E-state index contributed by atoms with van der Waals surface area (Å²) in [6.45, 7) is 6.01. The van der Waals surface area contributed by atoms with Crippen molar-refractivity contribution in [1.29, 1.82) is 0 Å². The third kappa shape index (κ3) is 2.67. The Balaban J connectivity index is 2.55. The summed E-state index contributed by atoms with van der Waals surface area (Å²) in [6, 6.07) is 0. The molecule has 0 aliphatic heterocycles. The lowest BCUT2D eigenvalue weighted by molar-refractivity contribution is 0.0970. The first kappa shape index (κ1) is 14.5. The molecule has 0 saturated carbocycles. The summed E-state index contributed by atoms with van der Waals surface area (Å²) in [5.74, 6) is 0.350. The molecule has 108 valence electrons. The van der Waals surface area contributed by atoms with E-state index in [9.17, 15) is 4.79 Å². The first-order valence-electron chi connectivity index (χ1n) is 6.26. The highest BCUT2D eigenvalue weighted by atomic mass is 32.1. The van der Waals surface area contributed by atoms with Gasteiger partial charge in [-0.25, -0.2) is 0 Å². The van der Waals surface area contributed by atoms with Gasteiger partial charge in [-0.1, -0.05) is 13.8 Å². The first-order valence-corrected chi connectivity index (χ1v) is 6.66. The summed E-state index contributed by atoms with van der Waals surface area (Å²) >= 11 is 4.76. The maximum atomic E-state index is 11.4. The standard InChI is InChI=1S/C13H18N4O2S/c1-6-9-7(16-17-12(15)20)4-13(2,3)5-8(9)19-10(6)11(14)18/h4-5H2,1-3H3,(H2,14,18)(H3,15,17,20)/b16-7-. The molecule has 1 aromatic heterocycles. The number of hydrogen-bond acceptors (Lipinski definition) is 4. The van der Waals surface area contributed by atoms with Crippen LogP contribution >= 0.6 is 12.2 Å². The summed E-state index contributed by atoms with van der Waals surface area (Å²) in [5.41, 5.74) is 15.6. The van der Waals surface area contributed by atoms with Crippen LogP contribution in [0.25, 0.3) is 0 Å². The van der Waals surface area contributed by atoms with Gasteiger partial charge in [0.1, 0.15) is 5.76 Å². The van der Waals surface area contributed by atoms with Gasteiger partial charge in [-0.2, -0.15) is 5.10 Å². The predicted molar refractivity (Wildman–Crippen MR) is 80.5 cm³/mol. The SMILES string of the molecule is Cc1c(C(N)=O)oc2c1/C(=N\NC(N)=S)CC(C)(C)C2. The van der Waals surface area contributed by atoms with Crippen LogP contribution in [0.15, 0.2) is 9.52 Å². The van der Waals surface area contributed by atoms with Gasteiger partial charge in [0.15, 0.2) is 10.9 Å². The van der Waals surface area contributed by atoms with Crippen molar-refractivity contribution in [2.75, 3.05) is 0 Å². The van der Waals surface area contributed by atoms with E-state index in [4.69, 9.17) is 28.1 Å². The second-order valence-electron chi connectivity index (χ2n) is 5.77. The van der Waals surface area contributed by atoms with Crippen molar-refractivity contribution in [2.24, 2.45) is 22.0 Å². The molecule has 0 bridgehead atoms. The topological polar surface area (TPSA) is 107 Å². The van der Waals surface area contributed by atoms with Crippen molar-refractivity contribution in [3.63, 3.8) is 0 Å². The van der Waals surface area contributed by atoms with Crippen LogP contribution in [0.3, 0.4) is 0 Å².